The quantitative estimate of drug-likeness (QED) is 0.379. The molecular weight excluding hydrogens is 420 g/mol. The lowest BCUT2D eigenvalue weighted by molar-refractivity contribution is 0.646. The first-order valence-electron chi connectivity index (χ1n) is 9.00. The summed E-state index contributed by atoms with van der Waals surface area (Å²) in [5.74, 6) is 1.52. The second kappa shape index (κ2) is 8.76. The summed E-state index contributed by atoms with van der Waals surface area (Å²) in [6.45, 7) is 6.59. The van der Waals surface area contributed by atoms with E-state index in [1.807, 2.05) is 24.3 Å². The monoisotopic (exact) mass is 442 g/mol. The van der Waals surface area contributed by atoms with Crippen molar-refractivity contribution >= 4 is 34.4 Å². The van der Waals surface area contributed by atoms with Gasteiger partial charge in [-0.3, -0.25) is 5.10 Å². The number of halogens is 1. The van der Waals surface area contributed by atoms with Crippen LogP contribution >= 0.6 is 28.1 Å². The number of hydrogen-bond acceptors (Lipinski definition) is 3. The lowest BCUT2D eigenvalue weighted by Crippen LogP contribution is -2.05. The Morgan fingerprint density at radius 3 is 2.41 bits per heavy atom. The zero-order valence-corrected chi connectivity index (χ0v) is 18.1. The van der Waals surface area contributed by atoms with Crippen LogP contribution in [0.2, 0.25) is 0 Å². The van der Waals surface area contributed by atoms with Crippen molar-refractivity contribution in [3.05, 3.63) is 80.3 Å². The standard InChI is InChI=1S/C21H23BrN4S/c1-14(2)12-16-4-8-18(9-5-16)15(3)20-24-25-21(27)26(20)23-13-17-6-10-19(22)11-7-17/h4-11,13-15H,12H2,1-3H3,(H,25,27)/b23-13+/t15-/m0/s1. The van der Waals surface area contributed by atoms with Gasteiger partial charge in [0.2, 0.25) is 4.77 Å². The van der Waals surface area contributed by atoms with Crippen LogP contribution in [0.1, 0.15) is 49.2 Å². The summed E-state index contributed by atoms with van der Waals surface area (Å²) >= 11 is 8.81. The van der Waals surface area contributed by atoms with E-state index in [0.717, 1.165) is 22.3 Å². The van der Waals surface area contributed by atoms with E-state index in [-0.39, 0.29) is 5.92 Å². The third-order valence-electron chi connectivity index (χ3n) is 4.38. The van der Waals surface area contributed by atoms with Crippen LogP contribution in [0.4, 0.5) is 0 Å². The molecule has 0 bridgehead atoms. The first-order chi connectivity index (χ1) is 12.9. The zero-order valence-electron chi connectivity index (χ0n) is 15.7. The summed E-state index contributed by atoms with van der Waals surface area (Å²) in [7, 11) is 0. The van der Waals surface area contributed by atoms with Crippen LogP contribution in [-0.4, -0.2) is 21.1 Å². The molecule has 0 saturated heterocycles. The van der Waals surface area contributed by atoms with Crippen molar-refractivity contribution in [1.82, 2.24) is 14.9 Å². The molecule has 27 heavy (non-hydrogen) atoms. The van der Waals surface area contributed by atoms with Crippen LogP contribution in [0.15, 0.2) is 58.1 Å². The number of benzene rings is 2. The van der Waals surface area contributed by atoms with Gasteiger partial charge in [0.05, 0.1) is 6.21 Å². The van der Waals surface area contributed by atoms with Gasteiger partial charge >= 0.3 is 0 Å². The molecule has 0 aliphatic carbocycles. The van der Waals surface area contributed by atoms with Crippen LogP contribution in [0.25, 0.3) is 0 Å². The lowest BCUT2D eigenvalue weighted by atomic mass is 9.96. The van der Waals surface area contributed by atoms with Crippen molar-refractivity contribution in [2.75, 3.05) is 0 Å². The Morgan fingerprint density at radius 2 is 1.78 bits per heavy atom. The topological polar surface area (TPSA) is 46.0 Å². The Balaban J connectivity index is 1.84. The van der Waals surface area contributed by atoms with Gasteiger partial charge in [0.25, 0.3) is 0 Å². The summed E-state index contributed by atoms with van der Waals surface area (Å²) < 4.78 is 3.22. The maximum Gasteiger partial charge on any atom is 0.216 e. The molecule has 6 heteroatoms. The van der Waals surface area contributed by atoms with E-state index in [0.29, 0.717) is 10.7 Å². The highest BCUT2D eigenvalue weighted by Crippen LogP contribution is 2.23. The summed E-state index contributed by atoms with van der Waals surface area (Å²) in [4.78, 5) is 0. The molecular formula is C21H23BrN4S. The molecule has 1 aromatic heterocycles. The zero-order chi connectivity index (χ0) is 19.4. The predicted octanol–water partition coefficient (Wildman–Crippen LogP) is 5.94. The van der Waals surface area contributed by atoms with E-state index in [1.165, 1.54) is 11.1 Å². The SMILES string of the molecule is CC(C)Cc1ccc([C@H](C)c2n[nH]c(=S)n2/N=C/c2ccc(Br)cc2)cc1. The third kappa shape index (κ3) is 5.02. The molecule has 0 aliphatic heterocycles. The number of rotatable bonds is 6. The third-order valence-corrected chi connectivity index (χ3v) is 5.17. The first kappa shape index (κ1) is 19.7. The molecule has 1 atom stereocenters. The highest BCUT2D eigenvalue weighted by atomic mass is 79.9. The fourth-order valence-corrected chi connectivity index (χ4v) is 3.38. The van der Waals surface area contributed by atoms with E-state index in [9.17, 15) is 0 Å². The van der Waals surface area contributed by atoms with E-state index >= 15 is 0 Å². The van der Waals surface area contributed by atoms with Gasteiger partial charge in [0.15, 0.2) is 5.82 Å². The molecule has 0 fully saturated rings. The minimum atomic E-state index is 0.0770. The molecule has 1 heterocycles. The number of nitrogens with zero attached hydrogens (tertiary/aromatic N) is 3. The minimum absolute atomic E-state index is 0.0770. The average Bonchev–Trinajstić information content (AvgIpc) is 3.01. The van der Waals surface area contributed by atoms with Crippen LogP contribution in [0.3, 0.4) is 0 Å². The van der Waals surface area contributed by atoms with Crippen LogP contribution in [-0.2, 0) is 6.42 Å². The minimum Gasteiger partial charge on any atom is -0.250 e. The molecule has 3 rings (SSSR count). The van der Waals surface area contributed by atoms with Gasteiger partial charge in [-0.1, -0.05) is 73.1 Å². The molecule has 2 aromatic carbocycles. The Kier molecular flexibility index (Phi) is 6.39. The van der Waals surface area contributed by atoms with Crippen molar-refractivity contribution in [3.8, 4) is 0 Å². The predicted molar refractivity (Wildman–Crippen MR) is 117 cm³/mol. The highest BCUT2D eigenvalue weighted by molar-refractivity contribution is 9.10. The van der Waals surface area contributed by atoms with Gasteiger partial charge in [0.1, 0.15) is 0 Å². The number of nitrogens with one attached hydrogen (secondary N) is 1. The van der Waals surface area contributed by atoms with Crippen molar-refractivity contribution in [3.63, 3.8) is 0 Å². The molecule has 0 aliphatic rings. The Hall–Kier alpha value is -2.05. The second-order valence-corrected chi connectivity index (χ2v) is 8.36. The number of H-pyrrole nitrogens is 1. The molecule has 0 unspecified atom stereocenters. The van der Waals surface area contributed by atoms with Gasteiger partial charge in [-0.2, -0.15) is 14.9 Å². The molecule has 3 aromatic rings. The van der Waals surface area contributed by atoms with E-state index in [1.54, 1.807) is 10.9 Å². The summed E-state index contributed by atoms with van der Waals surface area (Å²) in [5.41, 5.74) is 3.54. The summed E-state index contributed by atoms with van der Waals surface area (Å²) in [6, 6.07) is 16.7. The van der Waals surface area contributed by atoms with E-state index in [4.69, 9.17) is 12.2 Å². The normalized spacial score (nSPS) is 12.8. The highest BCUT2D eigenvalue weighted by Gasteiger charge is 2.16. The second-order valence-electron chi connectivity index (χ2n) is 7.06. The van der Waals surface area contributed by atoms with Gasteiger partial charge in [-0.05, 0) is 53.4 Å². The van der Waals surface area contributed by atoms with Gasteiger partial charge in [-0.25, -0.2) is 0 Å². The maximum atomic E-state index is 5.37. The number of aromatic nitrogens is 3. The van der Waals surface area contributed by atoms with Crippen molar-refractivity contribution in [1.29, 1.82) is 0 Å². The fourth-order valence-electron chi connectivity index (χ4n) is 2.93. The Morgan fingerprint density at radius 1 is 1.11 bits per heavy atom. The lowest BCUT2D eigenvalue weighted by Gasteiger charge is -2.12. The summed E-state index contributed by atoms with van der Waals surface area (Å²) in [5, 5.41) is 11.8. The Labute approximate surface area is 173 Å². The van der Waals surface area contributed by atoms with E-state index in [2.05, 4.69) is 76.3 Å². The number of aromatic amines is 1. The molecule has 1 N–H and O–H groups in total. The van der Waals surface area contributed by atoms with Crippen molar-refractivity contribution in [2.45, 2.75) is 33.1 Å². The van der Waals surface area contributed by atoms with Gasteiger partial charge in [0, 0.05) is 10.4 Å². The molecule has 0 saturated carbocycles. The first-order valence-corrected chi connectivity index (χ1v) is 10.2. The average molecular weight is 443 g/mol. The maximum absolute atomic E-state index is 5.37. The summed E-state index contributed by atoms with van der Waals surface area (Å²) in [6.07, 6.45) is 2.88. The number of hydrogen-bond donors (Lipinski definition) is 1. The Bertz CT molecular complexity index is 969. The van der Waals surface area contributed by atoms with Gasteiger partial charge in [-0.15, -0.1) is 0 Å². The van der Waals surface area contributed by atoms with Gasteiger partial charge < -0.3 is 0 Å². The molecule has 4 nitrogen and oxygen atoms in total. The van der Waals surface area contributed by atoms with Crippen LogP contribution in [0.5, 0.6) is 0 Å². The largest absolute Gasteiger partial charge is 0.250 e. The fraction of sp³-hybridized carbons (Fsp3) is 0.286. The smallest absolute Gasteiger partial charge is 0.216 e. The van der Waals surface area contributed by atoms with Crippen molar-refractivity contribution < 1.29 is 0 Å². The van der Waals surface area contributed by atoms with E-state index < -0.39 is 0 Å². The van der Waals surface area contributed by atoms with Crippen LogP contribution < -0.4 is 0 Å². The molecule has 0 amide bonds. The van der Waals surface area contributed by atoms with Crippen LogP contribution in [0, 0.1) is 10.7 Å². The van der Waals surface area contributed by atoms with Crippen molar-refractivity contribution in [2.24, 2.45) is 11.0 Å². The molecule has 0 radical (unpaired) electrons. The molecule has 0 spiro atoms. The molecule has 140 valence electrons.